The highest BCUT2D eigenvalue weighted by molar-refractivity contribution is 5.96. The Hall–Kier alpha value is -3.02. The number of rotatable bonds is 4. The van der Waals surface area contributed by atoms with E-state index in [0.29, 0.717) is 16.9 Å². The van der Waals surface area contributed by atoms with Crippen LogP contribution in [0.15, 0.2) is 42.5 Å². The van der Waals surface area contributed by atoms with Crippen LogP contribution in [0, 0.1) is 6.92 Å². The van der Waals surface area contributed by atoms with E-state index in [0.717, 1.165) is 5.56 Å². The highest BCUT2D eigenvalue weighted by Gasteiger charge is 2.11. The van der Waals surface area contributed by atoms with E-state index in [2.05, 4.69) is 10.9 Å². The Morgan fingerprint density at radius 1 is 1.13 bits per heavy atom. The van der Waals surface area contributed by atoms with Gasteiger partial charge in [-0.25, -0.2) is 0 Å². The van der Waals surface area contributed by atoms with Crippen LogP contribution < -0.4 is 15.6 Å². The van der Waals surface area contributed by atoms with Crippen molar-refractivity contribution in [3.8, 4) is 11.5 Å². The number of aryl methyl sites for hydroxylation is 1. The van der Waals surface area contributed by atoms with Crippen molar-refractivity contribution < 1.29 is 19.4 Å². The lowest BCUT2D eigenvalue weighted by molar-refractivity contribution is -0.121. The van der Waals surface area contributed by atoms with Crippen LogP contribution in [-0.2, 0) is 11.2 Å². The van der Waals surface area contributed by atoms with Gasteiger partial charge in [0.1, 0.15) is 11.5 Å². The number of phenols is 1. The number of nitrogens with one attached hydrogen (secondary N) is 2. The van der Waals surface area contributed by atoms with Crippen molar-refractivity contribution in [2.24, 2.45) is 0 Å². The van der Waals surface area contributed by atoms with Crippen molar-refractivity contribution in [1.82, 2.24) is 10.9 Å². The second-order valence-corrected chi connectivity index (χ2v) is 5.03. The molecule has 0 saturated heterocycles. The van der Waals surface area contributed by atoms with Gasteiger partial charge in [-0.15, -0.1) is 0 Å². The molecule has 0 radical (unpaired) electrons. The van der Waals surface area contributed by atoms with Gasteiger partial charge in [-0.3, -0.25) is 20.4 Å². The zero-order valence-electron chi connectivity index (χ0n) is 12.9. The second-order valence-electron chi connectivity index (χ2n) is 5.03. The fourth-order valence-electron chi connectivity index (χ4n) is 2.11. The van der Waals surface area contributed by atoms with Crippen molar-refractivity contribution in [3.05, 3.63) is 59.2 Å². The fraction of sp³-hybridized carbons (Fsp3) is 0.176. The number of hydrazine groups is 1. The van der Waals surface area contributed by atoms with Crippen LogP contribution in [0.25, 0.3) is 0 Å². The van der Waals surface area contributed by atoms with Gasteiger partial charge in [0.15, 0.2) is 0 Å². The van der Waals surface area contributed by atoms with Gasteiger partial charge in [0.2, 0.25) is 5.91 Å². The predicted molar refractivity (Wildman–Crippen MR) is 85.2 cm³/mol. The SMILES string of the molecule is COc1ccc(C(=O)NNC(=O)Cc2cccc(O)c2)c(C)c1. The molecule has 2 aromatic carbocycles. The molecule has 0 saturated carbocycles. The lowest BCUT2D eigenvalue weighted by atomic mass is 10.1. The number of aromatic hydroxyl groups is 1. The van der Waals surface area contributed by atoms with Crippen LogP contribution in [0.5, 0.6) is 11.5 Å². The topological polar surface area (TPSA) is 87.7 Å². The third-order valence-corrected chi connectivity index (χ3v) is 3.27. The van der Waals surface area contributed by atoms with E-state index in [9.17, 15) is 14.7 Å². The number of amides is 2. The summed E-state index contributed by atoms with van der Waals surface area (Å²) in [5, 5.41) is 9.35. The maximum absolute atomic E-state index is 12.1. The monoisotopic (exact) mass is 314 g/mol. The smallest absolute Gasteiger partial charge is 0.269 e. The molecular formula is C17H18N2O4. The van der Waals surface area contributed by atoms with Crippen molar-refractivity contribution in [2.45, 2.75) is 13.3 Å². The molecular weight excluding hydrogens is 296 g/mol. The minimum absolute atomic E-state index is 0.0519. The molecule has 6 heteroatoms. The van der Waals surface area contributed by atoms with E-state index in [4.69, 9.17) is 4.74 Å². The summed E-state index contributed by atoms with van der Waals surface area (Å²) < 4.78 is 5.08. The number of ether oxygens (including phenoxy) is 1. The van der Waals surface area contributed by atoms with Crippen molar-refractivity contribution >= 4 is 11.8 Å². The average molecular weight is 314 g/mol. The summed E-state index contributed by atoms with van der Waals surface area (Å²) in [7, 11) is 1.55. The highest BCUT2D eigenvalue weighted by Crippen LogP contribution is 2.16. The van der Waals surface area contributed by atoms with Gasteiger partial charge in [-0.1, -0.05) is 12.1 Å². The molecule has 2 aromatic rings. The maximum Gasteiger partial charge on any atom is 0.269 e. The summed E-state index contributed by atoms with van der Waals surface area (Å²) in [5.41, 5.74) is 6.56. The van der Waals surface area contributed by atoms with Gasteiger partial charge < -0.3 is 9.84 Å². The maximum atomic E-state index is 12.1. The fourth-order valence-corrected chi connectivity index (χ4v) is 2.11. The Labute approximate surface area is 134 Å². The molecule has 0 bridgehead atoms. The summed E-state index contributed by atoms with van der Waals surface area (Å²) in [5.74, 6) is -0.0373. The van der Waals surface area contributed by atoms with Crippen molar-refractivity contribution in [1.29, 1.82) is 0 Å². The molecule has 0 heterocycles. The Kier molecular flexibility index (Phi) is 5.19. The summed E-state index contributed by atoms with van der Waals surface area (Å²) in [6.07, 6.45) is 0.0519. The number of benzene rings is 2. The third kappa shape index (κ3) is 4.47. The first-order valence-corrected chi connectivity index (χ1v) is 7.01. The molecule has 0 spiro atoms. The second kappa shape index (κ2) is 7.31. The number of phenolic OH excluding ortho intramolecular Hbond substituents is 1. The predicted octanol–water partition coefficient (Wildman–Crippen LogP) is 1.71. The van der Waals surface area contributed by atoms with Crippen molar-refractivity contribution in [2.75, 3.05) is 7.11 Å². The Morgan fingerprint density at radius 2 is 1.91 bits per heavy atom. The molecule has 0 aliphatic rings. The van der Waals surface area contributed by atoms with Gasteiger partial charge in [-0.05, 0) is 48.4 Å². The Bertz CT molecular complexity index is 728. The number of hydrogen-bond donors (Lipinski definition) is 3. The van der Waals surface area contributed by atoms with Gasteiger partial charge in [-0.2, -0.15) is 0 Å². The van der Waals surface area contributed by atoms with E-state index < -0.39 is 5.91 Å². The molecule has 0 aromatic heterocycles. The first-order valence-electron chi connectivity index (χ1n) is 7.01. The third-order valence-electron chi connectivity index (χ3n) is 3.27. The van der Waals surface area contributed by atoms with Gasteiger partial charge >= 0.3 is 0 Å². The normalized spacial score (nSPS) is 10.0. The molecule has 0 fully saturated rings. The summed E-state index contributed by atoms with van der Waals surface area (Å²) in [6.45, 7) is 1.78. The zero-order chi connectivity index (χ0) is 16.8. The molecule has 120 valence electrons. The number of methoxy groups -OCH3 is 1. The molecule has 2 rings (SSSR count). The van der Waals surface area contributed by atoms with Gasteiger partial charge in [0.05, 0.1) is 13.5 Å². The minimum Gasteiger partial charge on any atom is -0.508 e. The van der Waals surface area contributed by atoms with E-state index in [-0.39, 0.29) is 18.1 Å². The van der Waals surface area contributed by atoms with Crippen LogP contribution in [0.1, 0.15) is 21.5 Å². The van der Waals surface area contributed by atoms with Crippen molar-refractivity contribution in [3.63, 3.8) is 0 Å². The molecule has 6 nitrogen and oxygen atoms in total. The van der Waals surface area contributed by atoms with Crippen LogP contribution >= 0.6 is 0 Å². The van der Waals surface area contributed by atoms with E-state index in [1.54, 1.807) is 44.4 Å². The largest absolute Gasteiger partial charge is 0.508 e. The van der Waals surface area contributed by atoms with E-state index >= 15 is 0 Å². The first kappa shape index (κ1) is 16.4. The Morgan fingerprint density at radius 3 is 2.57 bits per heavy atom. The quantitative estimate of drug-likeness (QED) is 0.750. The highest BCUT2D eigenvalue weighted by atomic mass is 16.5. The van der Waals surface area contributed by atoms with E-state index in [1.165, 1.54) is 12.1 Å². The van der Waals surface area contributed by atoms with Crippen LogP contribution in [0.2, 0.25) is 0 Å². The van der Waals surface area contributed by atoms with Gasteiger partial charge in [0.25, 0.3) is 5.91 Å². The lowest BCUT2D eigenvalue weighted by Gasteiger charge is -2.10. The molecule has 3 N–H and O–H groups in total. The van der Waals surface area contributed by atoms with Crippen LogP contribution in [0.3, 0.4) is 0 Å². The molecule has 0 aliphatic carbocycles. The molecule has 0 unspecified atom stereocenters. The van der Waals surface area contributed by atoms with Gasteiger partial charge in [0, 0.05) is 5.56 Å². The minimum atomic E-state index is -0.408. The zero-order valence-corrected chi connectivity index (χ0v) is 12.9. The lowest BCUT2D eigenvalue weighted by Crippen LogP contribution is -2.42. The summed E-state index contributed by atoms with van der Waals surface area (Å²) >= 11 is 0. The number of carbonyl (C=O) groups is 2. The first-order chi connectivity index (χ1) is 11.0. The molecule has 0 atom stereocenters. The van der Waals surface area contributed by atoms with Crippen LogP contribution in [0.4, 0.5) is 0 Å². The molecule has 23 heavy (non-hydrogen) atoms. The number of hydrogen-bond acceptors (Lipinski definition) is 4. The summed E-state index contributed by atoms with van der Waals surface area (Å²) in [6, 6.07) is 11.4. The summed E-state index contributed by atoms with van der Waals surface area (Å²) in [4.78, 5) is 23.9. The molecule has 2 amide bonds. The average Bonchev–Trinajstić information content (AvgIpc) is 2.52. The Balaban J connectivity index is 1.92. The van der Waals surface area contributed by atoms with E-state index in [1.807, 2.05) is 0 Å². The standard InChI is InChI=1S/C17H18N2O4/c1-11-8-14(23-2)6-7-15(11)17(22)19-18-16(21)10-12-4-3-5-13(20)9-12/h3-9,20H,10H2,1-2H3,(H,18,21)(H,19,22). The van der Waals surface area contributed by atoms with Crippen LogP contribution in [-0.4, -0.2) is 24.0 Å². The molecule has 0 aliphatic heterocycles. The number of carbonyl (C=O) groups excluding carboxylic acids is 2.